The minimum absolute atomic E-state index is 0.623. The van der Waals surface area contributed by atoms with E-state index in [-0.39, 0.29) is 0 Å². The summed E-state index contributed by atoms with van der Waals surface area (Å²) in [5, 5.41) is 0.623. The highest BCUT2D eigenvalue weighted by Crippen LogP contribution is 2.13. The minimum Gasteiger partial charge on any atom is -0.229 e. The molecule has 2 rings (SSSR count). The Hall–Kier alpha value is -1.45. The summed E-state index contributed by atoms with van der Waals surface area (Å²) in [6, 6.07) is 16.4. The fourth-order valence-electron chi connectivity index (χ4n) is 1.26. The molecule has 2 aromatic carbocycles. The number of benzene rings is 2. The standard InChI is InChI=1S/C13H10ClNOS/c14-12-6-8-13(9-7-12)17(16)15-10-11-4-2-1-3-5-11/h1-10H/t17-/m0/s1. The van der Waals surface area contributed by atoms with Gasteiger partial charge in [-0.1, -0.05) is 41.9 Å². The number of hydrogen-bond donors (Lipinski definition) is 0. The summed E-state index contributed by atoms with van der Waals surface area (Å²) in [6.45, 7) is 0. The Morgan fingerprint density at radius 3 is 2.29 bits per heavy atom. The van der Waals surface area contributed by atoms with E-state index in [4.69, 9.17) is 11.6 Å². The molecule has 0 saturated heterocycles. The highest BCUT2D eigenvalue weighted by molar-refractivity contribution is 7.83. The van der Waals surface area contributed by atoms with E-state index in [9.17, 15) is 4.21 Å². The quantitative estimate of drug-likeness (QED) is 0.780. The minimum atomic E-state index is -1.38. The lowest BCUT2D eigenvalue weighted by Gasteiger charge is -1.96. The van der Waals surface area contributed by atoms with E-state index in [0.29, 0.717) is 9.92 Å². The molecule has 0 unspecified atom stereocenters. The van der Waals surface area contributed by atoms with Gasteiger partial charge in [0.05, 0.1) is 4.90 Å². The van der Waals surface area contributed by atoms with Gasteiger partial charge in [0, 0.05) is 11.2 Å². The summed E-state index contributed by atoms with van der Waals surface area (Å²) in [5.41, 5.74) is 0.926. The van der Waals surface area contributed by atoms with Gasteiger partial charge in [-0.3, -0.25) is 0 Å². The average Bonchev–Trinajstić information content (AvgIpc) is 2.38. The SMILES string of the molecule is O=[S@](N=Cc1ccccc1)c1ccc(Cl)cc1. The van der Waals surface area contributed by atoms with Crippen LogP contribution in [0.25, 0.3) is 0 Å². The maximum absolute atomic E-state index is 11.8. The van der Waals surface area contributed by atoms with Gasteiger partial charge < -0.3 is 0 Å². The third-order valence-corrected chi connectivity index (χ3v) is 3.34. The van der Waals surface area contributed by atoms with Crippen molar-refractivity contribution in [3.8, 4) is 0 Å². The lowest BCUT2D eigenvalue weighted by molar-refractivity contribution is 0.684. The fourth-order valence-corrected chi connectivity index (χ4v) is 2.09. The zero-order valence-corrected chi connectivity index (χ0v) is 10.5. The molecule has 0 heterocycles. The van der Waals surface area contributed by atoms with Crippen LogP contribution in [0.3, 0.4) is 0 Å². The van der Waals surface area contributed by atoms with Gasteiger partial charge in [-0.15, -0.1) is 0 Å². The van der Waals surface area contributed by atoms with Crippen LogP contribution >= 0.6 is 11.6 Å². The van der Waals surface area contributed by atoms with Crippen LogP contribution in [0, 0.1) is 0 Å². The Kier molecular flexibility index (Phi) is 4.07. The maximum atomic E-state index is 11.8. The van der Waals surface area contributed by atoms with Crippen molar-refractivity contribution in [2.75, 3.05) is 0 Å². The predicted molar refractivity (Wildman–Crippen MR) is 71.9 cm³/mol. The molecule has 0 bridgehead atoms. The molecular formula is C13H10ClNOS. The van der Waals surface area contributed by atoms with E-state index >= 15 is 0 Å². The number of nitrogens with zero attached hydrogens (tertiary/aromatic N) is 1. The van der Waals surface area contributed by atoms with Gasteiger partial charge >= 0.3 is 0 Å². The average molecular weight is 264 g/mol. The van der Waals surface area contributed by atoms with Crippen molar-refractivity contribution >= 4 is 28.8 Å². The summed E-state index contributed by atoms with van der Waals surface area (Å²) in [6.07, 6.45) is 1.60. The summed E-state index contributed by atoms with van der Waals surface area (Å²) in [5.74, 6) is 0. The Morgan fingerprint density at radius 2 is 1.65 bits per heavy atom. The van der Waals surface area contributed by atoms with Gasteiger partial charge in [-0.05, 0) is 29.8 Å². The Labute approximate surface area is 108 Å². The van der Waals surface area contributed by atoms with Crippen molar-refractivity contribution in [1.29, 1.82) is 0 Å². The highest BCUT2D eigenvalue weighted by atomic mass is 35.5. The predicted octanol–water partition coefficient (Wildman–Crippen LogP) is 3.48. The molecule has 86 valence electrons. The molecule has 0 radical (unpaired) electrons. The molecule has 0 aliphatic heterocycles. The molecule has 0 N–H and O–H groups in total. The van der Waals surface area contributed by atoms with Crippen molar-refractivity contribution in [2.24, 2.45) is 4.40 Å². The number of halogens is 1. The Balaban J connectivity index is 2.12. The molecule has 0 aliphatic carbocycles. The largest absolute Gasteiger partial charge is 0.229 e. The van der Waals surface area contributed by atoms with Gasteiger partial charge in [0.15, 0.2) is 11.0 Å². The molecule has 17 heavy (non-hydrogen) atoms. The van der Waals surface area contributed by atoms with E-state index in [1.807, 2.05) is 30.3 Å². The highest BCUT2D eigenvalue weighted by Gasteiger charge is 2.00. The second-order valence-electron chi connectivity index (χ2n) is 3.35. The smallest absolute Gasteiger partial charge is 0.172 e. The first-order valence-electron chi connectivity index (χ1n) is 5.02. The van der Waals surface area contributed by atoms with Gasteiger partial charge in [0.25, 0.3) is 0 Å². The summed E-state index contributed by atoms with van der Waals surface area (Å²) in [4.78, 5) is 0.640. The van der Waals surface area contributed by atoms with Crippen molar-refractivity contribution in [3.63, 3.8) is 0 Å². The van der Waals surface area contributed by atoms with Crippen molar-refractivity contribution in [3.05, 3.63) is 65.2 Å². The lowest BCUT2D eigenvalue weighted by Crippen LogP contribution is -1.88. The summed E-state index contributed by atoms with van der Waals surface area (Å²) >= 11 is 5.75. The molecule has 0 aromatic heterocycles. The van der Waals surface area contributed by atoms with E-state index in [1.165, 1.54) is 0 Å². The number of hydrogen-bond acceptors (Lipinski definition) is 1. The molecule has 0 spiro atoms. The van der Waals surface area contributed by atoms with E-state index in [2.05, 4.69) is 4.40 Å². The van der Waals surface area contributed by atoms with Crippen LogP contribution in [0.2, 0.25) is 5.02 Å². The molecule has 0 amide bonds. The van der Waals surface area contributed by atoms with Crippen LogP contribution in [-0.2, 0) is 11.0 Å². The molecule has 1 atom stereocenters. The lowest BCUT2D eigenvalue weighted by atomic mass is 10.2. The maximum Gasteiger partial charge on any atom is 0.172 e. The van der Waals surface area contributed by atoms with E-state index in [0.717, 1.165) is 5.56 Å². The first-order chi connectivity index (χ1) is 8.25. The van der Waals surface area contributed by atoms with Crippen LogP contribution in [0.5, 0.6) is 0 Å². The Morgan fingerprint density at radius 1 is 1.00 bits per heavy atom. The third kappa shape index (κ3) is 3.51. The monoisotopic (exact) mass is 263 g/mol. The fraction of sp³-hybridized carbons (Fsp3) is 0. The first-order valence-corrected chi connectivity index (χ1v) is 6.51. The van der Waals surface area contributed by atoms with Gasteiger partial charge in [-0.25, -0.2) is 4.21 Å². The van der Waals surface area contributed by atoms with Crippen LogP contribution in [0.1, 0.15) is 5.56 Å². The molecule has 0 fully saturated rings. The van der Waals surface area contributed by atoms with Crippen molar-refractivity contribution in [1.82, 2.24) is 0 Å². The van der Waals surface area contributed by atoms with Crippen LogP contribution < -0.4 is 0 Å². The number of rotatable bonds is 3. The van der Waals surface area contributed by atoms with Gasteiger partial charge in [0.1, 0.15) is 0 Å². The zero-order valence-electron chi connectivity index (χ0n) is 8.92. The zero-order chi connectivity index (χ0) is 12.1. The summed E-state index contributed by atoms with van der Waals surface area (Å²) < 4.78 is 15.8. The molecule has 0 aliphatic rings. The van der Waals surface area contributed by atoms with Crippen molar-refractivity contribution < 1.29 is 4.21 Å². The van der Waals surface area contributed by atoms with Gasteiger partial charge in [-0.2, -0.15) is 4.40 Å². The Bertz CT molecular complexity index is 537. The third-order valence-electron chi connectivity index (χ3n) is 2.11. The van der Waals surface area contributed by atoms with Crippen LogP contribution in [0.4, 0.5) is 0 Å². The summed E-state index contributed by atoms with van der Waals surface area (Å²) in [7, 11) is -1.38. The molecular weight excluding hydrogens is 254 g/mol. The molecule has 2 nitrogen and oxygen atoms in total. The second kappa shape index (κ2) is 5.75. The van der Waals surface area contributed by atoms with Crippen molar-refractivity contribution in [2.45, 2.75) is 4.90 Å². The molecule has 2 aromatic rings. The van der Waals surface area contributed by atoms with Crippen LogP contribution in [-0.4, -0.2) is 10.4 Å². The topological polar surface area (TPSA) is 29.4 Å². The van der Waals surface area contributed by atoms with E-state index in [1.54, 1.807) is 30.5 Å². The second-order valence-corrected chi connectivity index (χ2v) is 4.97. The molecule has 0 saturated carbocycles. The normalized spacial score (nSPS) is 12.8. The molecule has 4 heteroatoms. The van der Waals surface area contributed by atoms with E-state index < -0.39 is 11.0 Å². The van der Waals surface area contributed by atoms with Crippen LogP contribution in [0.15, 0.2) is 63.9 Å². The first kappa shape index (κ1) is 12.0. The van der Waals surface area contributed by atoms with Gasteiger partial charge in [0.2, 0.25) is 0 Å².